The minimum absolute atomic E-state index is 0.0367. The highest BCUT2D eigenvalue weighted by atomic mass is 16.2. The van der Waals surface area contributed by atoms with E-state index >= 15 is 0 Å². The predicted octanol–water partition coefficient (Wildman–Crippen LogP) is 3.91. The maximum absolute atomic E-state index is 13.1. The van der Waals surface area contributed by atoms with Crippen molar-refractivity contribution in [3.05, 3.63) is 71.3 Å². The number of likely N-dealkylation sites (N-methyl/N-ethyl adjacent to an activating group) is 1. The Balaban J connectivity index is 2.09. The Morgan fingerprint density at radius 2 is 1.57 bits per heavy atom. The molecule has 4 nitrogen and oxygen atoms in total. The molecule has 2 aromatic carbocycles. The van der Waals surface area contributed by atoms with Crippen molar-refractivity contribution in [3.8, 4) is 0 Å². The molecular weight excluding hydrogens is 348 g/mol. The fraction of sp³-hybridized carbons (Fsp3) is 0.417. The second-order valence-electron chi connectivity index (χ2n) is 7.13. The maximum Gasteiger partial charge on any atom is 0.242 e. The Morgan fingerprint density at radius 3 is 2.18 bits per heavy atom. The molecule has 1 atom stereocenters. The van der Waals surface area contributed by atoms with Crippen LogP contribution in [-0.4, -0.2) is 35.8 Å². The van der Waals surface area contributed by atoms with Gasteiger partial charge in [-0.15, -0.1) is 0 Å². The third-order valence-corrected chi connectivity index (χ3v) is 4.97. The van der Waals surface area contributed by atoms with E-state index in [4.69, 9.17) is 0 Å². The SMILES string of the molecule is CCNC(=O)C(CC)N(CCc1ccccc1)C(=O)CCc1ccc(C)cc1. The van der Waals surface area contributed by atoms with Crippen LogP contribution in [0.3, 0.4) is 0 Å². The summed E-state index contributed by atoms with van der Waals surface area (Å²) >= 11 is 0. The molecule has 0 saturated heterocycles. The van der Waals surface area contributed by atoms with Crippen molar-refractivity contribution < 1.29 is 9.59 Å². The Hall–Kier alpha value is -2.62. The van der Waals surface area contributed by atoms with Gasteiger partial charge in [-0.3, -0.25) is 9.59 Å². The molecule has 0 radical (unpaired) electrons. The van der Waals surface area contributed by atoms with Crippen LogP contribution in [-0.2, 0) is 22.4 Å². The highest BCUT2D eigenvalue weighted by Gasteiger charge is 2.27. The maximum atomic E-state index is 13.1. The lowest BCUT2D eigenvalue weighted by molar-refractivity contribution is -0.140. The quantitative estimate of drug-likeness (QED) is 0.679. The van der Waals surface area contributed by atoms with Gasteiger partial charge in [-0.05, 0) is 44.2 Å². The number of aryl methyl sites for hydroxylation is 2. The minimum Gasteiger partial charge on any atom is -0.355 e. The number of nitrogens with zero attached hydrogens (tertiary/aromatic N) is 1. The zero-order valence-corrected chi connectivity index (χ0v) is 17.3. The molecule has 150 valence electrons. The molecule has 0 aromatic heterocycles. The zero-order chi connectivity index (χ0) is 20.4. The summed E-state index contributed by atoms with van der Waals surface area (Å²) in [5.41, 5.74) is 3.53. The van der Waals surface area contributed by atoms with Crippen LogP contribution in [0.25, 0.3) is 0 Å². The molecule has 0 saturated carbocycles. The summed E-state index contributed by atoms with van der Waals surface area (Å²) in [6.07, 6.45) is 2.45. The van der Waals surface area contributed by atoms with Crippen molar-refractivity contribution in [1.82, 2.24) is 10.2 Å². The zero-order valence-electron chi connectivity index (χ0n) is 17.3. The fourth-order valence-electron chi connectivity index (χ4n) is 3.34. The van der Waals surface area contributed by atoms with E-state index < -0.39 is 6.04 Å². The normalized spacial score (nSPS) is 11.7. The van der Waals surface area contributed by atoms with Crippen LogP contribution in [0.2, 0.25) is 0 Å². The van der Waals surface area contributed by atoms with E-state index in [0.717, 1.165) is 12.0 Å². The predicted molar refractivity (Wildman–Crippen MR) is 114 cm³/mol. The van der Waals surface area contributed by atoms with E-state index in [2.05, 4.69) is 48.6 Å². The lowest BCUT2D eigenvalue weighted by atomic mass is 10.0. The van der Waals surface area contributed by atoms with Gasteiger partial charge in [0.2, 0.25) is 11.8 Å². The van der Waals surface area contributed by atoms with Gasteiger partial charge in [0.25, 0.3) is 0 Å². The number of carbonyl (C=O) groups excluding carboxylic acids is 2. The summed E-state index contributed by atoms with van der Waals surface area (Å²) in [5.74, 6) is -0.0312. The van der Waals surface area contributed by atoms with Crippen LogP contribution in [0.15, 0.2) is 54.6 Å². The van der Waals surface area contributed by atoms with Gasteiger partial charge < -0.3 is 10.2 Å². The van der Waals surface area contributed by atoms with E-state index in [1.165, 1.54) is 11.1 Å². The molecule has 2 aromatic rings. The first-order chi connectivity index (χ1) is 13.5. The van der Waals surface area contributed by atoms with Crippen molar-refractivity contribution in [2.45, 2.75) is 52.5 Å². The Bertz CT molecular complexity index is 741. The Morgan fingerprint density at radius 1 is 0.929 bits per heavy atom. The number of amides is 2. The standard InChI is InChI=1S/C24H32N2O2/c1-4-22(24(28)25-5-2)26(18-17-20-9-7-6-8-10-20)23(27)16-15-21-13-11-19(3)12-14-21/h6-14,22H,4-5,15-18H2,1-3H3,(H,25,28). The van der Waals surface area contributed by atoms with E-state index in [9.17, 15) is 9.59 Å². The average molecular weight is 381 g/mol. The van der Waals surface area contributed by atoms with Crippen LogP contribution in [0, 0.1) is 6.92 Å². The smallest absolute Gasteiger partial charge is 0.242 e. The molecule has 28 heavy (non-hydrogen) atoms. The van der Waals surface area contributed by atoms with Gasteiger partial charge in [-0.1, -0.05) is 67.1 Å². The summed E-state index contributed by atoms with van der Waals surface area (Å²) in [4.78, 5) is 27.4. The first-order valence-corrected chi connectivity index (χ1v) is 10.2. The monoisotopic (exact) mass is 380 g/mol. The van der Waals surface area contributed by atoms with Gasteiger partial charge in [-0.2, -0.15) is 0 Å². The largest absolute Gasteiger partial charge is 0.355 e. The molecule has 0 aliphatic carbocycles. The summed E-state index contributed by atoms with van der Waals surface area (Å²) in [5, 5.41) is 2.88. The van der Waals surface area contributed by atoms with Crippen molar-refractivity contribution in [3.63, 3.8) is 0 Å². The van der Waals surface area contributed by atoms with Crippen LogP contribution < -0.4 is 5.32 Å². The van der Waals surface area contributed by atoms with Crippen LogP contribution in [0.1, 0.15) is 43.4 Å². The molecule has 0 heterocycles. The number of hydrogen-bond donors (Lipinski definition) is 1. The molecule has 0 spiro atoms. The third kappa shape index (κ3) is 6.52. The summed E-state index contributed by atoms with van der Waals surface area (Å²) in [7, 11) is 0. The summed E-state index contributed by atoms with van der Waals surface area (Å²) in [6.45, 7) is 7.03. The lowest BCUT2D eigenvalue weighted by Crippen LogP contribution is -2.50. The van der Waals surface area contributed by atoms with Gasteiger partial charge in [0.15, 0.2) is 0 Å². The van der Waals surface area contributed by atoms with Crippen LogP contribution in [0.5, 0.6) is 0 Å². The number of benzene rings is 2. The number of hydrogen-bond acceptors (Lipinski definition) is 2. The highest BCUT2D eigenvalue weighted by Crippen LogP contribution is 2.13. The third-order valence-electron chi connectivity index (χ3n) is 4.97. The van der Waals surface area contributed by atoms with Crippen molar-refractivity contribution in [2.24, 2.45) is 0 Å². The van der Waals surface area contributed by atoms with E-state index in [-0.39, 0.29) is 11.8 Å². The van der Waals surface area contributed by atoms with Gasteiger partial charge >= 0.3 is 0 Å². The molecule has 0 fully saturated rings. The van der Waals surface area contributed by atoms with E-state index in [1.54, 1.807) is 4.90 Å². The van der Waals surface area contributed by atoms with Gasteiger partial charge in [0, 0.05) is 19.5 Å². The topological polar surface area (TPSA) is 49.4 Å². The lowest BCUT2D eigenvalue weighted by Gasteiger charge is -2.30. The number of rotatable bonds is 10. The average Bonchev–Trinajstić information content (AvgIpc) is 2.71. The molecule has 2 amide bonds. The molecule has 0 aliphatic rings. The fourth-order valence-corrected chi connectivity index (χ4v) is 3.34. The summed E-state index contributed by atoms with van der Waals surface area (Å²) in [6, 6.07) is 17.9. The molecule has 0 aliphatic heterocycles. The summed E-state index contributed by atoms with van der Waals surface area (Å²) < 4.78 is 0. The number of nitrogens with one attached hydrogen (secondary N) is 1. The first kappa shape index (κ1) is 21.7. The van der Waals surface area contributed by atoms with Gasteiger partial charge in [0.1, 0.15) is 6.04 Å². The van der Waals surface area contributed by atoms with Crippen LogP contribution in [0.4, 0.5) is 0 Å². The first-order valence-electron chi connectivity index (χ1n) is 10.2. The Labute approximate surface area is 169 Å². The highest BCUT2D eigenvalue weighted by molar-refractivity contribution is 5.87. The molecular formula is C24H32N2O2. The van der Waals surface area contributed by atoms with Gasteiger partial charge in [0.05, 0.1) is 0 Å². The van der Waals surface area contributed by atoms with Crippen molar-refractivity contribution >= 4 is 11.8 Å². The molecule has 1 N–H and O–H groups in total. The minimum atomic E-state index is -0.422. The molecule has 4 heteroatoms. The molecule has 0 bridgehead atoms. The Kier molecular flexibility index (Phi) is 8.73. The number of carbonyl (C=O) groups is 2. The second-order valence-corrected chi connectivity index (χ2v) is 7.13. The molecule has 1 unspecified atom stereocenters. The van der Waals surface area contributed by atoms with Crippen molar-refractivity contribution in [1.29, 1.82) is 0 Å². The van der Waals surface area contributed by atoms with Crippen molar-refractivity contribution in [2.75, 3.05) is 13.1 Å². The van der Waals surface area contributed by atoms with E-state index in [0.29, 0.717) is 32.4 Å². The molecule has 2 rings (SSSR count). The van der Waals surface area contributed by atoms with Crippen LogP contribution >= 0.6 is 0 Å². The second kappa shape index (κ2) is 11.3. The van der Waals surface area contributed by atoms with Gasteiger partial charge in [-0.25, -0.2) is 0 Å². The van der Waals surface area contributed by atoms with E-state index in [1.807, 2.05) is 32.0 Å².